The first kappa shape index (κ1) is 19.3. The molecule has 0 saturated carbocycles. The SMILES string of the molecule is COc1ccc(OC)c(C(=O)CCC(C)P)c1OC.[H-].[Li+]. The molecule has 0 N–H and O–H groups in total. The van der Waals surface area contributed by atoms with Crippen LogP contribution >= 0.6 is 9.24 Å². The summed E-state index contributed by atoms with van der Waals surface area (Å²) in [5, 5.41) is 0. The number of rotatable bonds is 7. The van der Waals surface area contributed by atoms with Crippen molar-refractivity contribution in [3.63, 3.8) is 0 Å². The van der Waals surface area contributed by atoms with Gasteiger partial charge in [0.2, 0.25) is 0 Å². The zero-order valence-electron chi connectivity index (χ0n) is 13.9. The number of methoxy groups -OCH3 is 3. The number of carbonyl (C=O) groups is 1. The standard InChI is InChI=1S/C14H21O4P.Li.H/c1-9(19)5-6-10(15)13-11(16-2)7-8-12(17-3)14(13)18-4;;/h7-9H,5-6,19H2,1-4H3;;/q;+1;-1. The van der Waals surface area contributed by atoms with Crippen molar-refractivity contribution in [3.05, 3.63) is 17.7 Å². The summed E-state index contributed by atoms with van der Waals surface area (Å²) in [5.41, 5.74) is 0.849. The molecule has 2 unspecified atom stereocenters. The molecule has 108 valence electrons. The van der Waals surface area contributed by atoms with E-state index in [0.717, 1.165) is 6.42 Å². The second kappa shape index (κ2) is 9.29. The Labute approximate surface area is 136 Å². The van der Waals surface area contributed by atoms with Crippen LogP contribution in [0.15, 0.2) is 12.1 Å². The van der Waals surface area contributed by atoms with Gasteiger partial charge in [-0.15, -0.1) is 9.24 Å². The molecule has 0 fully saturated rings. The number of hydrogen-bond donors (Lipinski definition) is 0. The van der Waals surface area contributed by atoms with Crippen LogP contribution in [0.3, 0.4) is 0 Å². The third-order valence-electron chi connectivity index (χ3n) is 2.83. The van der Waals surface area contributed by atoms with Gasteiger partial charge < -0.3 is 15.6 Å². The molecular formula is C14H22LiO4P. The Morgan fingerprint density at radius 1 is 1.20 bits per heavy atom. The Hall–Kier alpha value is -0.683. The van der Waals surface area contributed by atoms with Crippen LogP contribution in [0.4, 0.5) is 0 Å². The van der Waals surface area contributed by atoms with E-state index in [-0.39, 0.29) is 26.1 Å². The molecule has 0 spiro atoms. The van der Waals surface area contributed by atoms with E-state index in [1.54, 1.807) is 19.2 Å². The minimum absolute atomic E-state index is 0. The Bertz CT molecular complexity index is 455. The number of benzene rings is 1. The predicted molar refractivity (Wildman–Crippen MR) is 79.9 cm³/mol. The van der Waals surface area contributed by atoms with Gasteiger partial charge in [0.05, 0.1) is 21.3 Å². The molecule has 0 saturated heterocycles. The van der Waals surface area contributed by atoms with E-state index in [4.69, 9.17) is 14.2 Å². The van der Waals surface area contributed by atoms with Gasteiger partial charge in [0.1, 0.15) is 11.3 Å². The molecule has 0 radical (unpaired) electrons. The van der Waals surface area contributed by atoms with Gasteiger partial charge in [-0.1, -0.05) is 6.92 Å². The minimum Gasteiger partial charge on any atom is -1.00 e. The molecule has 0 heterocycles. The Kier molecular flexibility index (Phi) is 8.97. The van der Waals surface area contributed by atoms with E-state index in [2.05, 4.69) is 16.2 Å². The zero-order valence-corrected chi connectivity index (χ0v) is 14.0. The summed E-state index contributed by atoms with van der Waals surface area (Å²) in [7, 11) is 7.29. The maximum absolute atomic E-state index is 12.4. The summed E-state index contributed by atoms with van der Waals surface area (Å²) >= 11 is 0. The van der Waals surface area contributed by atoms with Crippen LogP contribution in [-0.4, -0.2) is 32.8 Å². The smallest absolute Gasteiger partial charge is 1.00 e. The normalized spacial score (nSPS) is 11.2. The van der Waals surface area contributed by atoms with Gasteiger partial charge in [0, 0.05) is 6.42 Å². The summed E-state index contributed by atoms with van der Waals surface area (Å²) in [6, 6.07) is 3.45. The first-order valence-corrected chi connectivity index (χ1v) is 6.79. The van der Waals surface area contributed by atoms with Crippen molar-refractivity contribution in [2.75, 3.05) is 21.3 Å². The van der Waals surface area contributed by atoms with E-state index in [9.17, 15) is 4.79 Å². The van der Waals surface area contributed by atoms with Gasteiger partial charge in [-0.3, -0.25) is 4.79 Å². The Balaban J connectivity index is 0. The van der Waals surface area contributed by atoms with Crippen molar-refractivity contribution in [2.24, 2.45) is 0 Å². The molecule has 0 bridgehead atoms. The van der Waals surface area contributed by atoms with E-state index < -0.39 is 0 Å². The molecule has 2 atom stereocenters. The quantitative estimate of drug-likeness (QED) is 0.405. The fourth-order valence-electron chi connectivity index (χ4n) is 1.83. The van der Waals surface area contributed by atoms with Gasteiger partial charge in [0.15, 0.2) is 17.3 Å². The van der Waals surface area contributed by atoms with Crippen LogP contribution in [-0.2, 0) is 0 Å². The van der Waals surface area contributed by atoms with E-state index in [0.29, 0.717) is 34.9 Å². The second-order valence-electron chi connectivity index (χ2n) is 4.32. The van der Waals surface area contributed by atoms with Crippen LogP contribution < -0.4 is 33.1 Å². The summed E-state index contributed by atoms with van der Waals surface area (Å²) in [5.74, 6) is 1.48. The van der Waals surface area contributed by atoms with E-state index in [1.807, 2.05) is 0 Å². The molecule has 1 aromatic carbocycles. The van der Waals surface area contributed by atoms with Crippen molar-refractivity contribution in [1.82, 2.24) is 0 Å². The van der Waals surface area contributed by atoms with Gasteiger partial charge in [-0.2, -0.15) is 0 Å². The number of carbonyl (C=O) groups excluding carboxylic acids is 1. The fourth-order valence-corrected chi connectivity index (χ4v) is 1.99. The van der Waals surface area contributed by atoms with Crippen molar-refractivity contribution in [1.29, 1.82) is 0 Å². The molecule has 0 aliphatic carbocycles. The molecule has 0 amide bonds. The molecule has 1 aromatic rings. The predicted octanol–water partition coefficient (Wildman–Crippen LogP) is 0.0554. The van der Waals surface area contributed by atoms with Crippen molar-refractivity contribution >= 4 is 15.0 Å². The first-order valence-electron chi connectivity index (χ1n) is 6.12. The van der Waals surface area contributed by atoms with Crippen LogP contribution in [0.25, 0.3) is 0 Å². The van der Waals surface area contributed by atoms with Crippen LogP contribution in [0.1, 0.15) is 31.6 Å². The average molecular weight is 292 g/mol. The molecule has 6 heteroatoms. The molecule has 20 heavy (non-hydrogen) atoms. The summed E-state index contributed by atoms with van der Waals surface area (Å²) < 4.78 is 15.8. The van der Waals surface area contributed by atoms with Gasteiger partial charge >= 0.3 is 18.9 Å². The first-order chi connectivity index (χ1) is 9.04. The average Bonchev–Trinajstić information content (AvgIpc) is 2.42. The molecule has 4 nitrogen and oxygen atoms in total. The zero-order chi connectivity index (χ0) is 14.4. The van der Waals surface area contributed by atoms with Gasteiger partial charge in [0.25, 0.3) is 0 Å². The van der Waals surface area contributed by atoms with Gasteiger partial charge in [-0.25, -0.2) is 0 Å². The molecule has 0 aliphatic rings. The maximum atomic E-state index is 12.4. The topological polar surface area (TPSA) is 44.8 Å². The van der Waals surface area contributed by atoms with Crippen LogP contribution in [0.5, 0.6) is 17.2 Å². The monoisotopic (exact) mass is 292 g/mol. The Morgan fingerprint density at radius 3 is 2.20 bits per heavy atom. The van der Waals surface area contributed by atoms with Crippen molar-refractivity contribution < 1.29 is 39.3 Å². The molecular weight excluding hydrogens is 270 g/mol. The summed E-state index contributed by atoms with van der Waals surface area (Å²) in [6.07, 6.45) is 1.25. The van der Waals surface area contributed by atoms with Crippen molar-refractivity contribution in [3.8, 4) is 17.2 Å². The van der Waals surface area contributed by atoms with Crippen LogP contribution in [0, 0.1) is 0 Å². The number of hydrogen-bond acceptors (Lipinski definition) is 4. The summed E-state index contributed by atoms with van der Waals surface area (Å²) in [4.78, 5) is 12.4. The maximum Gasteiger partial charge on any atom is 1.00 e. The number of ketones is 1. The van der Waals surface area contributed by atoms with Crippen molar-refractivity contribution in [2.45, 2.75) is 25.4 Å². The third kappa shape index (κ3) is 4.70. The third-order valence-corrected chi connectivity index (χ3v) is 3.17. The minimum atomic E-state index is 0. The fraction of sp³-hybridized carbons (Fsp3) is 0.500. The van der Waals surface area contributed by atoms with Crippen LogP contribution in [0.2, 0.25) is 0 Å². The van der Waals surface area contributed by atoms with Gasteiger partial charge in [-0.05, 0) is 24.2 Å². The second-order valence-corrected chi connectivity index (χ2v) is 5.46. The Morgan fingerprint density at radius 2 is 1.75 bits per heavy atom. The largest absolute Gasteiger partial charge is 1.00 e. The number of ether oxygens (including phenoxy) is 3. The molecule has 0 aliphatic heterocycles. The van der Waals surface area contributed by atoms with E-state index >= 15 is 0 Å². The molecule has 0 aromatic heterocycles. The summed E-state index contributed by atoms with van der Waals surface area (Å²) in [6.45, 7) is 2.05. The van der Waals surface area contributed by atoms with E-state index in [1.165, 1.54) is 14.2 Å². The number of Topliss-reactive ketones (excluding diaryl/α,β-unsaturated/α-hetero) is 1. The molecule has 1 rings (SSSR count).